The number of carbonyl (C=O) groups is 2. The highest BCUT2D eigenvalue weighted by molar-refractivity contribution is 6.34. The average molecular weight is 387 g/mol. The molecule has 1 heterocycles. The van der Waals surface area contributed by atoms with E-state index in [1.54, 1.807) is 36.4 Å². The van der Waals surface area contributed by atoms with Gasteiger partial charge in [-0.2, -0.15) is 0 Å². The van der Waals surface area contributed by atoms with Crippen molar-refractivity contribution in [1.82, 2.24) is 10.3 Å². The first-order valence-corrected chi connectivity index (χ1v) is 8.33. The van der Waals surface area contributed by atoms with Crippen molar-refractivity contribution in [3.05, 3.63) is 64.9 Å². The summed E-state index contributed by atoms with van der Waals surface area (Å²) in [5.41, 5.74) is 0.255. The lowest BCUT2D eigenvalue weighted by Gasteiger charge is -2.15. The molecule has 0 aliphatic heterocycles. The van der Waals surface area contributed by atoms with E-state index in [1.165, 1.54) is 12.1 Å². The van der Waals surface area contributed by atoms with E-state index in [4.69, 9.17) is 11.6 Å². The van der Waals surface area contributed by atoms with Crippen molar-refractivity contribution in [1.29, 1.82) is 0 Å². The molecule has 1 atom stereocenters. The van der Waals surface area contributed by atoms with Gasteiger partial charge in [-0.3, -0.25) is 4.79 Å². The van der Waals surface area contributed by atoms with Crippen LogP contribution in [0.1, 0.15) is 16.1 Å². The standard InChI is InChI=1S/C19H15ClN2O5/c20-17-13-4-2-1-3-12(13)16(24)15(22-17)18(25)21-14(19(26)27)9-10-5-7-11(23)8-6-10/h1-8,14,23-24H,9H2,(H,21,25)(H,26,27). The highest BCUT2D eigenvalue weighted by atomic mass is 35.5. The number of fused-ring (bicyclic) bond motifs is 1. The first kappa shape index (κ1) is 18.5. The van der Waals surface area contributed by atoms with E-state index < -0.39 is 17.9 Å². The Bertz CT molecular complexity index is 1020. The van der Waals surface area contributed by atoms with E-state index >= 15 is 0 Å². The monoisotopic (exact) mass is 386 g/mol. The molecule has 3 rings (SSSR count). The van der Waals surface area contributed by atoms with Crippen molar-refractivity contribution < 1.29 is 24.9 Å². The summed E-state index contributed by atoms with van der Waals surface area (Å²) in [4.78, 5) is 28.0. The molecule has 7 nitrogen and oxygen atoms in total. The second kappa shape index (κ2) is 7.51. The Labute approximate surface area is 158 Å². The highest BCUT2D eigenvalue weighted by Gasteiger charge is 2.25. The molecule has 1 amide bonds. The van der Waals surface area contributed by atoms with Gasteiger partial charge in [-0.1, -0.05) is 48.0 Å². The van der Waals surface area contributed by atoms with E-state index in [0.29, 0.717) is 16.3 Å². The van der Waals surface area contributed by atoms with Gasteiger partial charge in [-0.15, -0.1) is 0 Å². The Balaban J connectivity index is 1.88. The fourth-order valence-corrected chi connectivity index (χ4v) is 2.91. The van der Waals surface area contributed by atoms with Crippen molar-refractivity contribution in [2.45, 2.75) is 12.5 Å². The number of pyridine rings is 1. The van der Waals surface area contributed by atoms with Gasteiger partial charge in [0.2, 0.25) is 0 Å². The van der Waals surface area contributed by atoms with Crippen LogP contribution >= 0.6 is 11.6 Å². The Hall–Kier alpha value is -3.32. The third-order valence-corrected chi connectivity index (χ3v) is 4.32. The maximum absolute atomic E-state index is 12.5. The van der Waals surface area contributed by atoms with Crippen LogP contribution in [-0.4, -0.2) is 38.2 Å². The maximum Gasteiger partial charge on any atom is 0.326 e. The molecule has 0 radical (unpaired) electrons. The van der Waals surface area contributed by atoms with Gasteiger partial charge in [-0.25, -0.2) is 9.78 Å². The fourth-order valence-electron chi connectivity index (χ4n) is 2.66. The number of nitrogens with zero attached hydrogens (tertiary/aromatic N) is 1. The van der Waals surface area contributed by atoms with Gasteiger partial charge < -0.3 is 20.6 Å². The van der Waals surface area contributed by atoms with Gasteiger partial charge in [-0.05, 0) is 17.7 Å². The molecular weight excluding hydrogens is 372 g/mol. The summed E-state index contributed by atoms with van der Waals surface area (Å²) in [6.45, 7) is 0. The number of hydrogen-bond donors (Lipinski definition) is 4. The molecule has 3 aromatic rings. The summed E-state index contributed by atoms with van der Waals surface area (Å²) in [5.74, 6) is -2.43. The van der Waals surface area contributed by atoms with Gasteiger partial charge in [0, 0.05) is 17.2 Å². The Morgan fingerprint density at radius 3 is 2.30 bits per heavy atom. The largest absolute Gasteiger partial charge is 0.508 e. The van der Waals surface area contributed by atoms with Crippen LogP contribution in [0.2, 0.25) is 5.15 Å². The number of carbonyl (C=O) groups excluding carboxylic acids is 1. The summed E-state index contributed by atoms with van der Waals surface area (Å²) in [7, 11) is 0. The number of phenolic OH excluding ortho intramolecular Hbond substituents is 1. The minimum atomic E-state index is -1.26. The summed E-state index contributed by atoms with van der Waals surface area (Å²) in [6, 6.07) is 11.3. The van der Waals surface area contributed by atoms with Crippen molar-refractivity contribution in [2.24, 2.45) is 0 Å². The zero-order chi connectivity index (χ0) is 19.6. The number of carboxylic acid groups (broad SMARTS) is 1. The molecule has 0 saturated heterocycles. The molecule has 27 heavy (non-hydrogen) atoms. The van der Waals surface area contributed by atoms with E-state index in [9.17, 15) is 24.9 Å². The Morgan fingerprint density at radius 1 is 1.04 bits per heavy atom. The van der Waals surface area contributed by atoms with Crippen LogP contribution in [0.25, 0.3) is 10.8 Å². The third-order valence-electron chi connectivity index (χ3n) is 4.03. The smallest absolute Gasteiger partial charge is 0.326 e. The Morgan fingerprint density at radius 2 is 1.67 bits per heavy atom. The zero-order valence-electron chi connectivity index (χ0n) is 13.9. The van der Waals surface area contributed by atoms with Crippen LogP contribution in [-0.2, 0) is 11.2 Å². The SMILES string of the molecule is O=C(NC(Cc1ccc(O)cc1)C(=O)O)c1nc(Cl)c2ccccc2c1O. The molecule has 0 aliphatic carbocycles. The summed E-state index contributed by atoms with van der Waals surface area (Å²) < 4.78 is 0. The molecule has 1 unspecified atom stereocenters. The maximum atomic E-state index is 12.5. The minimum absolute atomic E-state index is 0.0105. The van der Waals surface area contributed by atoms with Crippen LogP contribution in [0.3, 0.4) is 0 Å². The zero-order valence-corrected chi connectivity index (χ0v) is 14.6. The van der Waals surface area contributed by atoms with E-state index in [1.807, 2.05) is 0 Å². The summed E-state index contributed by atoms with van der Waals surface area (Å²) in [6.07, 6.45) is -0.0105. The lowest BCUT2D eigenvalue weighted by molar-refractivity contribution is -0.139. The van der Waals surface area contributed by atoms with Gasteiger partial charge in [0.05, 0.1) is 0 Å². The molecule has 0 aliphatic rings. The second-order valence-electron chi connectivity index (χ2n) is 5.88. The number of nitrogens with one attached hydrogen (secondary N) is 1. The van der Waals surface area contributed by atoms with Gasteiger partial charge in [0.15, 0.2) is 11.4 Å². The Kier molecular flexibility index (Phi) is 5.14. The normalized spacial score (nSPS) is 11.9. The molecule has 0 bridgehead atoms. The van der Waals surface area contributed by atoms with Crippen LogP contribution in [0.15, 0.2) is 48.5 Å². The lowest BCUT2D eigenvalue weighted by atomic mass is 10.1. The summed E-state index contributed by atoms with van der Waals surface area (Å²) in [5, 5.41) is 32.3. The van der Waals surface area contributed by atoms with Crippen LogP contribution < -0.4 is 5.32 Å². The number of hydrogen-bond acceptors (Lipinski definition) is 5. The van der Waals surface area contributed by atoms with Crippen molar-refractivity contribution in [3.8, 4) is 11.5 Å². The number of rotatable bonds is 5. The first-order chi connectivity index (χ1) is 12.9. The number of aromatic hydroxyl groups is 2. The molecule has 1 aromatic heterocycles. The lowest BCUT2D eigenvalue weighted by Crippen LogP contribution is -2.42. The minimum Gasteiger partial charge on any atom is -0.508 e. The van der Waals surface area contributed by atoms with E-state index in [-0.39, 0.29) is 28.8 Å². The predicted octanol–water partition coefficient (Wildman–Crippen LogP) is 2.73. The first-order valence-electron chi connectivity index (χ1n) is 7.95. The van der Waals surface area contributed by atoms with Crippen LogP contribution in [0, 0.1) is 0 Å². The quantitative estimate of drug-likeness (QED) is 0.500. The molecule has 2 aromatic carbocycles. The molecule has 138 valence electrons. The number of benzene rings is 2. The van der Waals surface area contributed by atoms with E-state index in [0.717, 1.165) is 0 Å². The van der Waals surface area contributed by atoms with Crippen LogP contribution in [0.5, 0.6) is 11.5 Å². The van der Waals surface area contributed by atoms with Crippen molar-refractivity contribution in [2.75, 3.05) is 0 Å². The molecule has 0 saturated carbocycles. The van der Waals surface area contributed by atoms with Gasteiger partial charge in [0.25, 0.3) is 5.91 Å². The number of aromatic nitrogens is 1. The molecule has 4 N–H and O–H groups in total. The van der Waals surface area contributed by atoms with Crippen LogP contribution in [0.4, 0.5) is 0 Å². The topological polar surface area (TPSA) is 120 Å². The highest BCUT2D eigenvalue weighted by Crippen LogP contribution is 2.31. The molecular formula is C19H15ClN2O5. The number of carboxylic acids is 1. The van der Waals surface area contributed by atoms with E-state index in [2.05, 4.69) is 10.3 Å². The van der Waals surface area contributed by atoms with Gasteiger partial charge >= 0.3 is 5.97 Å². The number of halogens is 1. The third kappa shape index (κ3) is 3.93. The van der Waals surface area contributed by atoms with Crippen molar-refractivity contribution in [3.63, 3.8) is 0 Å². The predicted molar refractivity (Wildman–Crippen MR) is 99.1 cm³/mol. The average Bonchev–Trinajstić information content (AvgIpc) is 2.65. The molecule has 0 fully saturated rings. The second-order valence-corrected chi connectivity index (χ2v) is 6.24. The summed E-state index contributed by atoms with van der Waals surface area (Å²) >= 11 is 6.08. The molecule has 8 heteroatoms. The van der Waals surface area contributed by atoms with Crippen molar-refractivity contribution >= 4 is 34.2 Å². The number of amides is 1. The van der Waals surface area contributed by atoms with Gasteiger partial charge in [0.1, 0.15) is 16.9 Å². The number of phenols is 1. The molecule has 0 spiro atoms. The number of aliphatic carboxylic acids is 1. The fraction of sp³-hybridized carbons (Fsp3) is 0.105.